The Bertz CT molecular complexity index is 281. The Morgan fingerprint density at radius 3 is 3.00 bits per heavy atom. The van der Waals surface area contributed by atoms with Gasteiger partial charge < -0.3 is 10.1 Å². The van der Waals surface area contributed by atoms with Crippen LogP contribution >= 0.6 is 15.9 Å². The topological polar surface area (TPSA) is 34.1 Å². The molecule has 1 N–H and O–H groups in total. The lowest BCUT2D eigenvalue weighted by molar-refractivity contribution is 0.192. The number of methoxy groups -OCH3 is 1. The Hall–Kier alpha value is -0.610. The highest BCUT2D eigenvalue weighted by Crippen LogP contribution is 2.18. The second-order valence-corrected chi connectivity index (χ2v) is 4.17. The van der Waals surface area contributed by atoms with E-state index in [0.29, 0.717) is 0 Å². The third kappa shape index (κ3) is 5.14. The summed E-state index contributed by atoms with van der Waals surface area (Å²) in [6.45, 7) is 1.81. The Kier molecular flexibility index (Phi) is 6.36. The lowest BCUT2D eigenvalue weighted by Crippen LogP contribution is -2.04. The first-order valence-corrected chi connectivity index (χ1v) is 5.97. The van der Waals surface area contributed by atoms with E-state index in [4.69, 9.17) is 4.74 Å². The molecule has 1 heterocycles. The van der Waals surface area contributed by atoms with Crippen LogP contribution in [0.4, 0.5) is 5.82 Å². The number of ether oxygens (including phenoxy) is 1. The van der Waals surface area contributed by atoms with Crippen LogP contribution in [0, 0.1) is 0 Å². The van der Waals surface area contributed by atoms with Crippen molar-refractivity contribution in [3.8, 4) is 0 Å². The highest BCUT2D eigenvalue weighted by Gasteiger charge is 1.97. The summed E-state index contributed by atoms with van der Waals surface area (Å²) in [5.74, 6) is 0.921. The zero-order valence-corrected chi connectivity index (χ0v) is 10.6. The summed E-state index contributed by atoms with van der Waals surface area (Å²) in [7, 11) is 1.74. The summed E-state index contributed by atoms with van der Waals surface area (Å²) in [6.07, 6.45) is 5.25. The van der Waals surface area contributed by atoms with Crippen LogP contribution in [0.25, 0.3) is 0 Å². The zero-order valence-electron chi connectivity index (χ0n) is 9.00. The first kappa shape index (κ1) is 12.5. The largest absolute Gasteiger partial charge is 0.385 e. The maximum Gasteiger partial charge on any atom is 0.140 e. The summed E-state index contributed by atoms with van der Waals surface area (Å²) in [4.78, 5) is 4.23. The molecule has 0 aliphatic rings. The number of hydrogen-bond acceptors (Lipinski definition) is 3. The number of unbranched alkanes of at least 4 members (excludes halogenated alkanes) is 2. The van der Waals surface area contributed by atoms with E-state index in [0.717, 1.165) is 36.3 Å². The fraction of sp³-hybridized carbons (Fsp3) is 0.545. The van der Waals surface area contributed by atoms with Crippen LogP contribution in [-0.4, -0.2) is 25.2 Å². The quantitative estimate of drug-likeness (QED) is 0.775. The predicted molar refractivity (Wildman–Crippen MR) is 66.2 cm³/mol. The number of halogens is 1. The summed E-state index contributed by atoms with van der Waals surface area (Å²) in [6, 6.07) is 3.90. The van der Waals surface area contributed by atoms with E-state index in [1.54, 1.807) is 13.3 Å². The first-order valence-electron chi connectivity index (χ1n) is 5.18. The van der Waals surface area contributed by atoms with Gasteiger partial charge in [0, 0.05) is 26.5 Å². The average Bonchev–Trinajstić information content (AvgIpc) is 2.25. The van der Waals surface area contributed by atoms with Gasteiger partial charge in [0.15, 0.2) is 0 Å². The monoisotopic (exact) mass is 272 g/mol. The van der Waals surface area contributed by atoms with Crippen LogP contribution in [0.3, 0.4) is 0 Å². The Morgan fingerprint density at radius 1 is 1.40 bits per heavy atom. The summed E-state index contributed by atoms with van der Waals surface area (Å²) in [5.41, 5.74) is 0. The number of anilines is 1. The highest BCUT2D eigenvalue weighted by molar-refractivity contribution is 9.10. The van der Waals surface area contributed by atoms with Crippen molar-refractivity contribution in [2.24, 2.45) is 0 Å². The average molecular weight is 273 g/mol. The minimum Gasteiger partial charge on any atom is -0.385 e. The van der Waals surface area contributed by atoms with Gasteiger partial charge in [-0.15, -0.1) is 0 Å². The second kappa shape index (κ2) is 7.65. The molecule has 1 aromatic rings. The molecule has 0 aliphatic heterocycles. The molecule has 0 fully saturated rings. The Labute approximate surface area is 99.4 Å². The molecule has 0 atom stereocenters. The van der Waals surface area contributed by atoms with Gasteiger partial charge in [-0.05, 0) is 47.3 Å². The Balaban J connectivity index is 2.12. The van der Waals surface area contributed by atoms with Crippen molar-refractivity contribution in [2.75, 3.05) is 25.6 Å². The third-order valence-corrected chi connectivity index (χ3v) is 2.72. The lowest BCUT2D eigenvalue weighted by Gasteiger charge is -2.06. The van der Waals surface area contributed by atoms with Crippen molar-refractivity contribution < 1.29 is 4.74 Å². The second-order valence-electron chi connectivity index (χ2n) is 3.31. The highest BCUT2D eigenvalue weighted by atomic mass is 79.9. The first-order chi connectivity index (χ1) is 7.34. The van der Waals surface area contributed by atoms with E-state index in [1.165, 1.54) is 6.42 Å². The smallest absolute Gasteiger partial charge is 0.140 e. The van der Waals surface area contributed by atoms with Crippen molar-refractivity contribution in [3.05, 3.63) is 22.8 Å². The van der Waals surface area contributed by atoms with Crippen molar-refractivity contribution in [2.45, 2.75) is 19.3 Å². The molecule has 1 rings (SSSR count). The van der Waals surface area contributed by atoms with Crippen LogP contribution < -0.4 is 5.32 Å². The van der Waals surface area contributed by atoms with Crippen LogP contribution in [0.15, 0.2) is 22.8 Å². The molecule has 0 radical (unpaired) electrons. The normalized spacial score (nSPS) is 10.3. The van der Waals surface area contributed by atoms with Crippen molar-refractivity contribution in [1.82, 2.24) is 4.98 Å². The number of aromatic nitrogens is 1. The molecule has 0 unspecified atom stereocenters. The summed E-state index contributed by atoms with van der Waals surface area (Å²) in [5, 5.41) is 3.29. The summed E-state index contributed by atoms with van der Waals surface area (Å²) >= 11 is 3.45. The SMILES string of the molecule is COCCCCCNc1ncccc1Br. The van der Waals surface area contributed by atoms with E-state index < -0.39 is 0 Å². The van der Waals surface area contributed by atoms with Gasteiger partial charge in [0.25, 0.3) is 0 Å². The van der Waals surface area contributed by atoms with Gasteiger partial charge in [-0.25, -0.2) is 4.98 Å². The van der Waals surface area contributed by atoms with Crippen LogP contribution in [-0.2, 0) is 4.74 Å². The molecule has 0 saturated carbocycles. The maximum atomic E-state index is 4.99. The van der Waals surface area contributed by atoms with Gasteiger partial charge in [0.1, 0.15) is 5.82 Å². The van der Waals surface area contributed by atoms with Crippen LogP contribution in [0.2, 0.25) is 0 Å². The standard InChI is InChI=1S/C11H17BrN2O/c1-15-9-4-2-3-7-13-11-10(12)6-5-8-14-11/h5-6,8H,2-4,7,9H2,1H3,(H,13,14). The van der Waals surface area contributed by atoms with Gasteiger partial charge in [-0.1, -0.05) is 0 Å². The van der Waals surface area contributed by atoms with Crippen LogP contribution in [0.1, 0.15) is 19.3 Å². The molecule has 1 aromatic heterocycles. The van der Waals surface area contributed by atoms with Gasteiger partial charge in [-0.2, -0.15) is 0 Å². The van der Waals surface area contributed by atoms with Crippen molar-refractivity contribution >= 4 is 21.7 Å². The molecule has 3 nitrogen and oxygen atoms in total. The van der Waals surface area contributed by atoms with Gasteiger partial charge in [-0.3, -0.25) is 0 Å². The number of pyridine rings is 1. The van der Waals surface area contributed by atoms with E-state index in [1.807, 2.05) is 12.1 Å². The maximum absolute atomic E-state index is 4.99. The molecule has 0 bridgehead atoms. The van der Waals surface area contributed by atoms with Gasteiger partial charge >= 0.3 is 0 Å². The van der Waals surface area contributed by atoms with E-state index in [2.05, 4.69) is 26.2 Å². The van der Waals surface area contributed by atoms with Crippen molar-refractivity contribution in [1.29, 1.82) is 0 Å². The van der Waals surface area contributed by atoms with E-state index in [9.17, 15) is 0 Å². The molecule has 0 spiro atoms. The fourth-order valence-corrected chi connectivity index (χ4v) is 1.67. The number of rotatable bonds is 7. The molecule has 0 aromatic carbocycles. The van der Waals surface area contributed by atoms with E-state index >= 15 is 0 Å². The van der Waals surface area contributed by atoms with Gasteiger partial charge in [0.2, 0.25) is 0 Å². The molecule has 0 amide bonds. The molecule has 84 valence electrons. The zero-order chi connectivity index (χ0) is 10.9. The van der Waals surface area contributed by atoms with Crippen molar-refractivity contribution in [3.63, 3.8) is 0 Å². The minimum atomic E-state index is 0.854. The number of hydrogen-bond donors (Lipinski definition) is 1. The molecule has 15 heavy (non-hydrogen) atoms. The molecule has 0 saturated heterocycles. The lowest BCUT2D eigenvalue weighted by atomic mass is 10.2. The van der Waals surface area contributed by atoms with Crippen LogP contribution in [0.5, 0.6) is 0 Å². The predicted octanol–water partition coefficient (Wildman–Crippen LogP) is 3.07. The summed E-state index contributed by atoms with van der Waals surface area (Å²) < 4.78 is 6.00. The molecule has 0 aliphatic carbocycles. The minimum absolute atomic E-state index is 0.854. The number of nitrogens with one attached hydrogen (secondary N) is 1. The van der Waals surface area contributed by atoms with E-state index in [-0.39, 0.29) is 0 Å². The molecular formula is C11H17BrN2O. The molecule has 4 heteroatoms. The Morgan fingerprint density at radius 2 is 2.27 bits per heavy atom. The number of nitrogens with zero attached hydrogens (tertiary/aromatic N) is 1. The van der Waals surface area contributed by atoms with Gasteiger partial charge in [0.05, 0.1) is 4.47 Å². The molecular weight excluding hydrogens is 256 g/mol. The third-order valence-electron chi connectivity index (χ3n) is 2.08. The fourth-order valence-electron chi connectivity index (χ4n) is 1.27.